The van der Waals surface area contributed by atoms with E-state index in [4.69, 9.17) is 0 Å². The molecular formula is C19H25N5O2. The van der Waals surface area contributed by atoms with Gasteiger partial charge in [-0.15, -0.1) is 0 Å². The number of hydrogen-bond acceptors (Lipinski definition) is 4. The second-order valence-corrected chi connectivity index (χ2v) is 7.73. The van der Waals surface area contributed by atoms with Gasteiger partial charge in [0.15, 0.2) is 0 Å². The number of nitrogens with zero attached hydrogens (tertiary/aromatic N) is 3. The fraction of sp³-hybridized carbons (Fsp3) is 0.474. The van der Waals surface area contributed by atoms with Gasteiger partial charge in [-0.05, 0) is 51.8 Å². The van der Waals surface area contributed by atoms with Gasteiger partial charge in [0.2, 0.25) is 5.91 Å². The monoisotopic (exact) mass is 355 g/mol. The van der Waals surface area contributed by atoms with Crippen LogP contribution in [0, 0.1) is 5.92 Å². The summed E-state index contributed by atoms with van der Waals surface area (Å²) in [5.74, 6) is -0.280. The molecule has 0 bridgehead atoms. The van der Waals surface area contributed by atoms with E-state index in [1.165, 1.54) is 0 Å². The van der Waals surface area contributed by atoms with Gasteiger partial charge in [0.25, 0.3) is 5.91 Å². The number of piperidine rings is 1. The van der Waals surface area contributed by atoms with Gasteiger partial charge >= 0.3 is 0 Å². The molecular weight excluding hydrogens is 330 g/mol. The van der Waals surface area contributed by atoms with Crippen molar-refractivity contribution in [2.24, 2.45) is 5.92 Å². The smallest absolute Gasteiger partial charge is 0.271 e. The molecule has 3 rings (SSSR count). The molecule has 0 spiro atoms. The number of aromatic nitrogens is 3. The van der Waals surface area contributed by atoms with Crippen LogP contribution >= 0.6 is 0 Å². The van der Waals surface area contributed by atoms with E-state index in [9.17, 15) is 9.59 Å². The first-order valence-electron chi connectivity index (χ1n) is 8.90. The maximum absolute atomic E-state index is 12.8. The maximum Gasteiger partial charge on any atom is 0.271 e. The van der Waals surface area contributed by atoms with Crippen molar-refractivity contribution in [1.29, 1.82) is 0 Å². The van der Waals surface area contributed by atoms with E-state index in [0.717, 1.165) is 18.4 Å². The summed E-state index contributed by atoms with van der Waals surface area (Å²) in [5.41, 5.74) is 1.77. The van der Waals surface area contributed by atoms with Crippen molar-refractivity contribution in [3.8, 4) is 11.3 Å². The van der Waals surface area contributed by atoms with Gasteiger partial charge in [-0.1, -0.05) is 0 Å². The van der Waals surface area contributed by atoms with E-state index in [-0.39, 0.29) is 23.3 Å². The van der Waals surface area contributed by atoms with Gasteiger partial charge in [-0.2, -0.15) is 5.10 Å². The van der Waals surface area contributed by atoms with Gasteiger partial charge in [-0.3, -0.25) is 19.7 Å². The zero-order valence-electron chi connectivity index (χ0n) is 15.5. The molecule has 2 aromatic rings. The number of hydrogen-bond donors (Lipinski definition) is 2. The van der Waals surface area contributed by atoms with Crippen LogP contribution in [0.25, 0.3) is 11.3 Å². The highest BCUT2D eigenvalue weighted by atomic mass is 16.2. The second-order valence-electron chi connectivity index (χ2n) is 7.73. The zero-order chi connectivity index (χ0) is 18.7. The Morgan fingerprint density at radius 3 is 2.69 bits per heavy atom. The third kappa shape index (κ3) is 4.28. The lowest BCUT2D eigenvalue weighted by atomic mass is 9.95. The number of H-pyrrole nitrogens is 1. The molecule has 0 aliphatic carbocycles. The van der Waals surface area contributed by atoms with Crippen LogP contribution in [0.3, 0.4) is 0 Å². The summed E-state index contributed by atoms with van der Waals surface area (Å²) < 4.78 is 0. The summed E-state index contributed by atoms with van der Waals surface area (Å²) in [5, 5.41) is 10.1. The summed E-state index contributed by atoms with van der Waals surface area (Å²) in [7, 11) is 0. The first-order chi connectivity index (χ1) is 12.3. The molecule has 0 aromatic carbocycles. The van der Waals surface area contributed by atoms with Gasteiger partial charge in [0.1, 0.15) is 5.69 Å². The van der Waals surface area contributed by atoms with E-state index in [0.29, 0.717) is 24.5 Å². The van der Waals surface area contributed by atoms with E-state index in [1.807, 2.05) is 32.9 Å². The number of pyridine rings is 1. The van der Waals surface area contributed by atoms with Crippen molar-refractivity contribution in [2.45, 2.75) is 39.2 Å². The molecule has 1 atom stereocenters. The Kier molecular flexibility index (Phi) is 5.06. The molecule has 7 heteroatoms. The Morgan fingerprint density at radius 2 is 2.00 bits per heavy atom. The molecule has 2 amide bonds. The van der Waals surface area contributed by atoms with Crippen LogP contribution in [0.5, 0.6) is 0 Å². The maximum atomic E-state index is 12.8. The second kappa shape index (κ2) is 7.27. The quantitative estimate of drug-likeness (QED) is 0.883. The molecule has 26 heavy (non-hydrogen) atoms. The molecule has 3 heterocycles. The van der Waals surface area contributed by atoms with Crippen molar-refractivity contribution in [1.82, 2.24) is 25.4 Å². The molecule has 0 saturated carbocycles. The average molecular weight is 355 g/mol. The SMILES string of the molecule is CC(C)(C)NC(=O)[C@@H]1CCCN(C(=O)c2cc(-c3ccncc3)n[nH]2)C1. The Balaban J connectivity index is 1.68. The van der Waals surface area contributed by atoms with Gasteiger partial charge in [0, 0.05) is 36.6 Å². The normalized spacial score (nSPS) is 17.8. The van der Waals surface area contributed by atoms with E-state index in [1.54, 1.807) is 23.4 Å². The Morgan fingerprint density at radius 1 is 1.27 bits per heavy atom. The third-order valence-corrected chi connectivity index (χ3v) is 4.36. The summed E-state index contributed by atoms with van der Waals surface area (Å²) in [6.07, 6.45) is 5.00. The van der Waals surface area contributed by atoms with Gasteiger partial charge in [0.05, 0.1) is 11.6 Å². The van der Waals surface area contributed by atoms with Crippen LogP contribution in [-0.4, -0.2) is 50.5 Å². The highest BCUT2D eigenvalue weighted by Gasteiger charge is 2.31. The first kappa shape index (κ1) is 18.1. The minimum Gasteiger partial charge on any atom is -0.351 e. The molecule has 2 aromatic heterocycles. The zero-order valence-corrected chi connectivity index (χ0v) is 15.5. The number of aromatic amines is 1. The Bertz CT molecular complexity index is 779. The van der Waals surface area contributed by atoms with Crippen molar-refractivity contribution < 1.29 is 9.59 Å². The number of carbonyl (C=O) groups is 2. The molecule has 1 saturated heterocycles. The number of nitrogens with one attached hydrogen (secondary N) is 2. The molecule has 1 aliphatic rings. The minimum atomic E-state index is -0.272. The number of rotatable bonds is 3. The summed E-state index contributed by atoms with van der Waals surface area (Å²) in [6.45, 7) is 6.97. The molecule has 1 aliphatic heterocycles. The fourth-order valence-corrected chi connectivity index (χ4v) is 3.12. The van der Waals surface area contributed by atoms with Crippen molar-refractivity contribution >= 4 is 11.8 Å². The van der Waals surface area contributed by atoms with Crippen LogP contribution in [0.4, 0.5) is 0 Å². The van der Waals surface area contributed by atoms with Crippen LogP contribution < -0.4 is 5.32 Å². The summed E-state index contributed by atoms with van der Waals surface area (Å²) in [6, 6.07) is 5.44. The average Bonchev–Trinajstić information content (AvgIpc) is 3.10. The van der Waals surface area contributed by atoms with Gasteiger partial charge in [-0.25, -0.2) is 0 Å². The highest BCUT2D eigenvalue weighted by molar-refractivity contribution is 5.94. The standard InChI is InChI=1S/C19H25N5O2/c1-19(2,3)21-17(25)14-5-4-10-24(12-14)18(26)16-11-15(22-23-16)13-6-8-20-9-7-13/h6-9,11,14H,4-5,10,12H2,1-3H3,(H,21,25)(H,22,23)/t14-/m1/s1. The number of likely N-dealkylation sites (tertiary alicyclic amines) is 1. The van der Waals surface area contributed by atoms with E-state index < -0.39 is 0 Å². The predicted octanol–water partition coefficient (Wildman–Crippen LogP) is 2.24. The summed E-state index contributed by atoms with van der Waals surface area (Å²) >= 11 is 0. The van der Waals surface area contributed by atoms with Crippen LogP contribution in [-0.2, 0) is 4.79 Å². The van der Waals surface area contributed by atoms with Gasteiger partial charge < -0.3 is 10.2 Å². The predicted molar refractivity (Wildman–Crippen MR) is 98.3 cm³/mol. The minimum absolute atomic E-state index is 0.0112. The van der Waals surface area contributed by atoms with Crippen molar-refractivity contribution in [3.63, 3.8) is 0 Å². The van der Waals surface area contributed by atoms with Crippen LogP contribution in [0.1, 0.15) is 44.1 Å². The van der Waals surface area contributed by atoms with E-state index >= 15 is 0 Å². The first-order valence-corrected chi connectivity index (χ1v) is 8.90. The summed E-state index contributed by atoms with van der Waals surface area (Å²) in [4.78, 5) is 31.0. The third-order valence-electron chi connectivity index (χ3n) is 4.36. The Labute approximate surface area is 153 Å². The molecule has 138 valence electrons. The van der Waals surface area contributed by atoms with Crippen LogP contribution in [0.15, 0.2) is 30.6 Å². The van der Waals surface area contributed by atoms with Crippen molar-refractivity contribution in [2.75, 3.05) is 13.1 Å². The van der Waals surface area contributed by atoms with Crippen LogP contribution in [0.2, 0.25) is 0 Å². The molecule has 2 N–H and O–H groups in total. The molecule has 0 unspecified atom stereocenters. The van der Waals surface area contributed by atoms with E-state index in [2.05, 4.69) is 20.5 Å². The molecule has 0 radical (unpaired) electrons. The van der Waals surface area contributed by atoms with Crippen molar-refractivity contribution in [3.05, 3.63) is 36.3 Å². The largest absolute Gasteiger partial charge is 0.351 e. The lowest BCUT2D eigenvalue weighted by molar-refractivity contribution is -0.127. The number of amides is 2. The molecule has 7 nitrogen and oxygen atoms in total. The topological polar surface area (TPSA) is 91.0 Å². The fourth-order valence-electron chi connectivity index (χ4n) is 3.12. The number of carbonyl (C=O) groups excluding carboxylic acids is 2. The highest BCUT2D eigenvalue weighted by Crippen LogP contribution is 2.21. The Hall–Kier alpha value is -2.70. The lowest BCUT2D eigenvalue weighted by Gasteiger charge is -2.33. The lowest BCUT2D eigenvalue weighted by Crippen LogP contribution is -2.49. The molecule has 1 fully saturated rings.